The zero-order valence-electron chi connectivity index (χ0n) is 18.2. The molecule has 0 bridgehead atoms. The number of benzene rings is 2. The Bertz CT molecular complexity index is 1690. The Kier molecular flexibility index (Phi) is 3.88. The number of H-pyrrole nitrogens is 2. The highest BCUT2D eigenvalue weighted by Crippen LogP contribution is 2.44. The molecular formula is C25H21FN6O2. The number of rotatable bonds is 2. The van der Waals surface area contributed by atoms with Crippen LogP contribution in [0.2, 0.25) is 0 Å². The maximum Gasteiger partial charge on any atom is 0.272 e. The van der Waals surface area contributed by atoms with E-state index < -0.39 is 11.4 Å². The number of pyridine rings is 2. The summed E-state index contributed by atoms with van der Waals surface area (Å²) in [5.41, 5.74) is 10.2. The summed E-state index contributed by atoms with van der Waals surface area (Å²) in [7, 11) is 0. The highest BCUT2D eigenvalue weighted by molar-refractivity contribution is 6.17. The average Bonchev–Trinajstić information content (AvgIpc) is 3.49. The molecule has 0 radical (unpaired) electrons. The molecule has 5 heterocycles. The first kappa shape index (κ1) is 19.5. The third kappa shape index (κ3) is 2.58. The molecule has 7 rings (SSSR count). The molecule has 0 atom stereocenters. The minimum absolute atomic E-state index is 0.0843. The van der Waals surface area contributed by atoms with Crippen molar-refractivity contribution >= 4 is 44.1 Å². The number of ether oxygens (including phenoxy) is 1. The van der Waals surface area contributed by atoms with Crippen LogP contribution in [0.25, 0.3) is 43.8 Å². The average molecular weight is 456 g/mol. The van der Waals surface area contributed by atoms with Gasteiger partial charge in [0.25, 0.3) is 5.56 Å². The Morgan fingerprint density at radius 2 is 2.03 bits per heavy atom. The molecule has 5 aromatic rings. The van der Waals surface area contributed by atoms with Crippen molar-refractivity contribution in [1.82, 2.24) is 20.2 Å². The molecule has 2 saturated heterocycles. The first-order valence-electron chi connectivity index (χ1n) is 11.2. The van der Waals surface area contributed by atoms with Gasteiger partial charge in [0.05, 0.1) is 36.1 Å². The van der Waals surface area contributed by atoms with Crippen LogP contribution in [-0.4, -0.2) is 46.5 Å². The van der Waals surface area contributed by atoms with Gasteiger partial charge in [-0.3, -0.25) is 14.9 Å². The minimum Gasteiger partial charge on any atom is -0.394 e. The molecule has 2 aromatic carbocycles. The number of hydrogen-bond acceptors (Lipinski definition) is 6. The lowest BCUT2D eigenvalue weighted by Crippen LogP contribution is -2.44. The first-order chi connectivity index (χ1) is 16.5. The Labute approximate surface area is 192 Å². The number of aromatic nitrogens is 4. The summed E-state index contributed by atoms with van der Waals surface area (Å²) in [6.45, 7) is 3.35. The van der Waals surface area contributed by atoms with Crippen molar-refractivity contribution in [1.29, 1.82) is 0 Å². The van der Waals surface area contributed by atoms with Gasteiger partial charge in [-0.15, -0.1) is 0 Å². The van der Waals surface area contributed by atoms with Crippen LogP contribution in [0.1, 0.15) is 6.42 Å². The molecular weight excluding hydrogens is 435 g/mol. The normalized spacial score (nSPS) is 17.3. The Morgan fingerprint density at radius 1 is 1.15 bits per heavy atom. The summed E-state index contributed by atoms with van der Waals surface area (Å²) in [6, 6.07) is 8.89. The molecule has 3 aromatic heterocycles. The van der Waals surface area contributed by atoms with E-state index in [0.29, 0.717) is 22.0 Å². The molecule has 2 aliphatic rings. The van der Waals surface area contributed by atoms with Crippen molar-refractivity contribution < 1.29 is 9.13 Å². The number of aromatic amines is 2. The van der Waals surface area contributed by atoms with Crippen molar-refractivity contribution in [2.75, 3.05) is 36.9 Å². The van der Waals surface area contributed by atoms with Crippen molar-refractivity contribution in [3.8, 4) is 11.1 Å². The molecule has 34 heavy (non-hydrogen) atoms. The quantitative estimate of drug-likeness (QED) is 0.350. The van der Waals surface area contributed by atoms with E-state index in [-0.39, 0.29) is 16.6 Å². The van der Waals surface area contributed by atoms with Crippen LogP contribution in [0.5, 0.6) is 0 Å². The number of fused-ring (bicyclic) bond motifs is 4. The fourth-order valence-electron chi connectivity index (χ4n) is 5.52. The molecule has 170 valence electrons. The van der Waals surface area contributed by atoms with E-state index in [1.807, 2.05) is 12.1 Å². The summed E-state index contributed by atoms with van der Waals surface area (Å²) in [6.07, 6.45) is 4.39. The largest absolute Gasteiger partial charge is 0.394 e. The SMILES string of the molecule is Nc1c(-c2ccc(F)c3[nH]ncc23)c2cc(N3CCC4(COC4)C3)c3ncccc3c2[nH]c1=O. The van der Waals surface area contributed by atoms with Gasteiger partial charge in [0, 0.05) is 46.4 Å². The Hall–Kier alpha value is -3.98. The van der Waals surface area contributed by atoms with Crippen molar-refractivity contribution in [2.45, 2.75) is 6.42 Å². The summed E-state index contributed by atoms with van der Waals surface area (Å²) >= 11 is 0. The van der Waals surface area contributed by atoms with Crippen LogP contribution >= 0.6 is 0 Å². The monoisotopic (exact) mass is 456 g/mol. The second-order valence-electron chi connectivity index (χ2n) is 9.38. The lowest BCUT2D eigenvalue weighted by Gasteiger charge is -2.38. The van der Waals surface area contributed by atoms with E-state index in [1.165, 1.54) is 6.07 Å². The predicted octanol–water partition coefficient (Wildman–Crippen LogP) is 3.57. The third-order valence-corrected chi connectivity index (χ3v) is 7.32. The van der Waals surface area contributed by atoms with Crippen LogP contribution in [0.15, 0.2) is 47.5 Å². The fraction of sp³-hybridized carbons (Fsp3) is 0.240. The molecule has 0 aliphatic carbocycles. The summed E-state index contributed by atoms with van der Waals surface area (Å²) in [5.74, 6) is -0.413. The van der Waals surface area contributed by atoms with Gasteiger partial charge in [-0.2, -0.15) is 5.10 Å². The van der Waals surface area contributed by atoms with Crippen LogP contribution in [0, 0.1) is 11.2 Å². The van der Waals surface area contributed by atoms with E-state index in [1.54, 1.807) is 18.5 Å². The van der Waals surface area contributed by atoms with Crippen LogP contribution in [-0.2, 0) is 4.74 Å². The number of nitrogens with one attached hydrogen (secondary N) is 2. The second kappa shape index (κ2) is 6.77. The second-order valence-corrected chi connectivity index (χ2v) is 9.38. The number of nitrogens with two attached hydrogens (primary N) is 1. The zero-order chi connectivity index (χ0) is 23.0. The highest BCUT2D eigenvalue weighted by atomic mass is 19.1. The number of nitrogens with zero attached hydrogens (tertiary/aromatic N) is 3. The van der Waals surface area contributed by atoms with Crippen molar-refractivity contribution in [2.24, 2.45) is 5.41 Å². The third-order valence-electron chi connectivity index (χ3n) is 7.32. The number of nitrogen functional groups attached to an aromatic ring is 1. The Balaban J connectivity index is 1.57. The van der Waals surface area contributed by atoms with Gasteiger partial charge >= 0.3 is 0 Å². The van der Waals surface area contributed by atoms with E-state index in [4.69, 9.17) is 10.5 Å². The van der Waals surface area contributed by atoms with Gasteiger partial charge in [0.15, 0.2) is 0 Å². The lowest BCUT2D eigenvalue weighted by atomic mass is 9.85. The molecule has 0 saturated carbocycles. The van der Waals surface area contributed by atoms with Gasteiger partial charge in [0.2, 0.25) is 0 Å². The highest BCUT2D eigenvalue weighted by Gasteiger charge is 2.45. The summed E-state index contributed by atoms with van der Waals surface area (Å²) in [4.78, 5) is 23.0. The molecule has 4 N–H and O–H groups in total. The molecule has 2 aliphatic heterocycles. The topological polar surface area (TPSA) is 113 Å². The summed E-state index contributed by atoms with van der Waals surface area (Å²) in [5, 5.41) is 8.92. The van der Waals surface area contributed by atoms with E-state index in [9.17, 15) is 9.18 Å². The smallest absolute Gasteiger partial charge is 0.272 e. The predicted molar refractivity (Wildman–Crippen MR) is 129 cm³/mol. The molecule has 9 heteroatoms. The Morgan fingerprint density at radius 3 is 2.82 bits per heavy atom. The molecule has 8 nitrogen and oxygen atoms in total. The molecule has 0 amide bonds. The summed E-state index contributed by atoms with van der Waals surface area (Å²) < 4.78 is 19.9. The number of hydrogen-bond donors (Lipinski definition) is 3. The van der Waals surface area contributed by atoms with Crippen molar-refractivity contribution in [3.63, 3.8) is 0 Å². The van der Waals surface area contributed by atoms with Crippen LogP contribution in [0.3, 0.4) is 0 Å². The van der Waals surface area contributed by atoms with Gasteiger partial charge < -0.3 is 20.4 Å². The fourth-order valence-corrected chi connectivity index (χ4v) is 5.52. The maximum atomic E-state index is 14.4. The van der Waals surface area contributed by atoms with Gasteiger partial charge in [-0.25, -0.2) is 4.39 Å². The standard InChI is InChI=1S/C25H21FN6O2/c26-17-4-3-13(16-9-29-31-22(16)17)19-15-8-18(32-7-5-25(10-32)11-34-12-25)23-14(2-1-6-28-23)21(15)30-24(33)20(19)27/h1-4,6,8-9H,5,7,10-12,27H2,(H,29,31)(H,30,33). The lowest BCUT2D eigenvalue weighted by molar-refractivity contribution is -0.0985. The maximum absolute atomic E-state index is 14.4. The first-order valence-corrected chi connectivity index (χ1v) is 11.2. The van der Waals surface area contributed by atoms with Crippen molar-refractivity contribution in [3.05, 3.63) is 58.9 Å². The van der Waals surface area contributed by atoms with Crippen LogP contribution in [0.4, 0.5) is 15.8 Å². The zero-order valence-corrected chi connectivity index (χ0v) is 18.2. The molecule has 0 unspecified atom stereocenters. The number of halogens is 1. The molecule has 1 spiro atoms. The van der Waals surface area contributed by atoms with Gasteiger partial charge in [-0.1, -0.05) is 6.07 Å². The molecule has 2 fully saturated rings. The number of anilines is 2. The van der Waals surface area contributed by atoms with Gasteiger partial charge in [0.1, 0.15) is 17.0 Å². The van der Waals surface area contributed by atoms with E-state index in [2.05, 4.69) is 31.1 Å². The van der Waals surface area contributed by atoms with E-state index in [0.717, 1.165) is 54.7 Å². The van der Waals surface area contributed by atoms with Crippen LogP contribution < -0.4 is 16.2 Å². The van der Waals surface area contributed by atoms with E-state index >= 15 is 0 Å². The minimum atomic E-state index is -0.413. The van der Waals surface area contributed by atoms with Gasteiger partial charge in [-0.05, 0) is 36.2 Å².